The van der Waals surface area contributed by atoms with Crippen LogP contribution in [0.5, 0.6) is 5.75 Å². The van der Waals surface area contributed by atoms with E-state index in [2.05, 4.69) is 15.6 Å². The van der Waals surface area contributed by atoms with E-state index in [0.717, 1.165) is 28.6 Å². The summed E-state index contributed by atoms with van der Waals surface area (Å²) in [7, 11) is 0. The van der Waals surface area contributed by atoms with Gasteiger partial charge in [0.15, 0.2) is 0 Å². The van der Waals surface area contributed by atoms with Crippen molar-refractivity contribution in [2.45, 2.75) is 19.4 Å². The van der Waals surface area contributed by atoms with Gasteiger partial charge in [0.25, 0.3) is 0 Å². The number of aliphatic hydroxyl groups excluding tert-OH is 1. The van der Waals surface area contributed by atoms with Crippen molar-refractivity contribution in [1.29, 1.82) is 0 Å². The van der Waals surface area contributed by atoms with E-state index in [-0.39, 0.29) is 24.3 Å². The van der Waals surface area contributed by atoms with Gasteiger partial charge >= 0.3 is 0 Å². The van der Waals surface area contributed by atoms with Crippen LogP contribution in [0.25, 0.3) is 10.6 Å². The van der Waals surface area contributed by atoms with Crippen molar-refractivity contribution >= 4 is 17.2 Å². The van der Waals surface area contributed by atoms with Crippen LogP contribution >= 0.6 is 11.3 Å². The minimum Gasteiger partial charge on any atom is -0.494 e. The normalized spacial score (nSPS) is 19.8. The van der Waals surface area contributed by atoms with E-state index in [1.165, 1.54) is 11.3 Å². The van der Waals surface area contributed by atoms with Crippen molar-refractivity contribution in [3.05, 3.63) is 35.3 Å². The zero-order valence-corrected chi connectivity index (χ0v) is 15.0. The summed E-state index contributed by atoms with van der Waals surface area (Å²) in [6, 6.07) is 7.80. The molecule has 2 heterocycles. The summed E-state index contributed by atoms with van der Waals surface area (Å²) in [6.45, 7) is 4.42. The first-order chi connectivity index (χ1) is 12.2. The van der Waals surface area contributed by atoms with E-state index in [1.807, 2.05) is 36.6 Å². The van der Waals surface area contributed by atoms with E-state index < -0.39 is 0 Å². The predicted octanol–water partition coefficient (Wildman–Crippen LogP) is 1.45. The molecule has 2 atom stereocenters. The number of amides is 1. The fourth-order valence-electron chi connectivity index (χ4n) is 2.78. The summed E-state index contributed by atoms with van der Waals surface area (Å²) in [4.78, 5) is 16.6. The Morgan fingerprint density at radius 3 is 2.88 bits per heavy atom. The van der Waals surface area contributed by atoms with E-state index in [0.29, 0.717) is 19.7 Å². The molecule has 0 aliphatic carbocycles. The fraction of sp³-hybridized carbons (Fsp3) is 0.444. The second kappa shape index (κ2) is 8.42. The van der Waals surface area contributed by atoms with E-state index in [1.54, 1.807) is 0 Å². The maximum Gasteiger partial charge on any atom is 0.226 e. The summed E-state index contributed by atoms with van der Waals surface area (Å²) >= 11 is 1.53. The first-order valence-electron chi connectivity index (χ1n) is 8.49. The average Bonchev–Trinajstić information content (AvgIpc) is 3.23. The molecule has 2 unspecified atom stereocenters. The molecule has 1 aliphatic heterocycles. The van der Waals surface area contributed by atoms with E-state index in [4.69, 9.17) is 4.74 Å². The molecular weight excluding hydrogens is 338 g/mol. The molecule has 1 saturated heterocycles. The number of benzene rings is 1. The Kier molecular flexibility index (Phi) is 6.01. The highest BCUT2D eigenvalue weighted by Crippen LogP contribution is 2.26. The lowest BCUT2D eigenvalue weighted by Gasteiger charge is -2.13. The second-order valence-electron chi connectivity index (χ2n) is 6.07. The highest BCUT2D eigenvalue weighted by molar-refractivity contribution is 7.13. The van der Waals surface area contributed by atoms with Gasteiger partial charge in [-0.2, -0.15) is 0 Å². The molecule has 3 rings (SSSR count). The van der Waals surface area contributed by atoms with Crippen LogP contribution in [-0.2, 0) is 11.2 Å². The van der Waals surface area contributed by atoms with Crippen molar-refractivity contribution in [3.8, 4) is 16.3 Å². The van der Waals surface area contributed by atoms with Gasteiger partial charge in [-0.25, -0.2) is 4.98 Å². The third kappa shape index (κ3) is 4.78. The highest BCUT2D eigenvalue weighted by atomic mass is 32.1. The van der Waals surface area contributed by atoms with Crippen LogP contribution < -0.4 is 15.4 Å². The molecule has 1 amide bonds. The second-order valence-corrected chi connectivity index (χ2v) is 6.93. The van der Waals surface area contributed by atoms with Gasteiger partial charge in [-0.05, 0) is 31.2 Å². The van der Waals surface area contributed by atoms with E-state index >= 15 is 0 Å². The van der Waals surface area contributed by atoms with Crippen LogP contribution in [0.2, 0.25) is 0 Å². The van der Waals surface area contributed by atoms with Crippen LogP contribution in [0.4, 0.5) is 0 Å². The molecule has 7 heteroatoms. The Balaban J connectivity index is 1.53. The minimum absolute atomic E-state index is 0.0670. The number of hydrogen-bond donors (Lipinski definition) is 3. The molecule has 0 bridgehead atoms. The molecule has 1 aromatic heterocycles. The molecule has 6 nitrogen and oxygen atoms in total. The summed E-state index contributed by atoms with van der Waals surface area (Å²) in [5.41, 5.74) is 1.77. The average molecular weight is 361 g/mol. The first kappa shape index (κ1) is 17.8. The van der Waals surface area contributed by atoms with Gasteiger partial charge in [-0.15, -0.1) is 11.3 Å². The van der Waals surface area contributed by atoms with Gasteiger partial charge in [-0.1, -0.05) is 0 Å². The van der Waals surface area contributed by atoms with Gasteiger partial charge in [0.05, 0.1) is 24.8 Å². The molecular formula is C18H23N3O3S. The number of rotatable bonds is 7. The van der Waals surface area contributed by atoms with Gasteiger partial charge in [0.1, 0.15) is 10.8 Å². The predicted molar refractivity (Wildman–Crippen MR) is 97.8 cm³/mol. The summed E-state index contributed by atoms with van der Waals surface area (Å²) in [6.07, 6.45) is -0.130. The lowest BCUT2D eigenvalue weighted by molar-refractivity contribution is -0.120. The number of hydrogen-bond acceptors (Lipinski definition) is 6. The number of aromatic nitrogens is 1. The molecule has 0 radical (unpaired) electrons. The number of ether oxygens (including phenoxy) is 1. The molecule has 0 saturated carbocycles. The van der Waals surface area contributed by atoms with E-state index in [9.17, 15) is 9.90 Å². The van der Waals surface area contributed by atoms with Gasteiger partial charge in [-0.3, -0.25) is 4.79 Å². The summed E-state index contributed by atoms with van der Waals surface area (Å²) < 4.78 is 5.44. The number of carbonyl (C=O) groups is 1. The molecule has 134 valence electrons. The maximum absolute atomic E-state index is 12.1. The van der Waals surface area contributed by atoms with Gasteiger partial charge < -0.3 is 20.5 Å². The highest BCUT2D eigenvalue weighted by Gasteiger charge is 2.25. The van der Waals surface area contributed by atoms with Crippen LogP contribution in [0.15, 0.2) is 29.6 Å². The van der Waals surface area contributed by atoms with Gasteiger partial charge in [0, 0.05) is 36.5 Å². The largest absolute Gasteiger partial charge is 0.494 e. The topological polar surface area (TPSA) is 83.5 Å². The zero-order chi connectivity index (χ0) is 17.6. The SMILES string of the molecule is CCOc1ccc(-c2nc(CC(=O)NCC3CNCC3O)cs2)cc1. The molecule has 1 aliphatic rings. The van der Waals surface area contributed by atoms with Crippen molar-refractivity contribution in [1.82, 2.24) is 15.6 Å². The maximum atomic E-state index is 12.1. The molecule has 25 heavy (non-hydrogen) atoms. The lowest BCUT2D eigenvalue weighted by atomic mass is 10.1. The van der Waals surface area contributed by atoms with Crippen molar-refractivity contribution in [2.75, 3.05) is 26.2 Å². The molecule has 3 N–H and O–H groups in total. The summed E-state index contributed by atoms with van der Waals surface area (Å²) in [5, 5.41) is 18.5. The standard InChI is InChI=1S/C18H23N3O3S/c1-2-24-15-5-3-12(4-6-15)18-21-14(11-25-18)7-17(23)20-9-13-8-19-10-16(13)22/h3-6,11,13,16,19,22H,2,7-10H2,1H3,(H,20,23). The van der Waals surface area contributed by atoms with Crippen LogP contribution in [-0.4, -0.2) is 48.3 Å². The molecule has 2 aromatic rings. The van der Waals surface area contributed by atoms with Crippen molar-refractivity contribution in [2.24, 2.45) is 5.92 Å². The van der Waals surface area contributed by atoms with Crippen molar-refractivity contribution < 1.29 is 14.6 Å². The summed E-state index contributed by atoms with van der Waals surface area (Å²) in [5.74, 6) is 0.854. The number of thiazole rings is 1. The Morgan fingerprint density at radius 2 is 2.20 bits per heavy atom. The third-order valence-electron chi connectivity index (χ3n) is 4.17. The smallest absolute Gasteiger partial charge is 0.226 e. The Hall–Kier alpha value is -1.96. The number of β-amino-alcohol motifs (C(OH)–C–C–N with tert-alkyl or cyclic N) is 1. The molecule has 1 fully saturated rings. The monoisotopic (exact) mass is 361 g/mol. The Labute approximate surface area is 151 Å². The van der Waals surface area contributed by atoms with Crippen LogP contribution in [0.3, 0.4) is 0 Å². The van der Waals surface area contributed by atoms with Crippen LogP contribution in [0, 0.1) is 5.92 Å². The van der Waals surface area contributed by atoms with Crippen LogP contribution in [0.1, 0.15) is 12.6 Å². The molecule has 0 spiro atoms. The number of carbonyl (C=O) groups excluding carboxylic acids is 1. The quantitative estimate of drug-likeness (QED) is 0.695. The number of nitrogens with one attached hydrogen (secondary N) is 2. The number of aliphatic hydroxyl groups is 1. The first-order valence-corrected chi connectivity index (χ1v) is 9.36. The van der Waals surface area contributed by atoms with Crippen molar-refractivity contribution in [3.63, 3.8) is 0 Å². The molecule has 1 aromatic carbocycles. The Morgan fingerprint density at radius 1 is 1.40 bits per heavy atom. The Bertz CT molecular complexity index is 702. The minimum atomic E-state index is -0.383. The lowest BCUT2D eigenvalue weighted by Crippen LogP contribution is -2.35. The number of nitrogens with zero attached hydrogens (tertiary/aromatic N) is 1. The zero-order valence-electron chi connectivity index (χ0n) is 14.2. The third-order valence-corrected chi connectivity index (χ3v) is 5.11. The fourth-order valence-corrected chi connectivity index (χ4v) is 3.61. The van der Waals surface area contributed by atoms with Gasteiger partial charge in [0.2, 0.25) is 5.91 Å².